The molecule has 13 heteroatoms. The Kier molecular flexibility index (Phi) is 8.83. The van der Waals surface area contributed by atoms with Gasteiger partial charge in [-0.05, 0) is 61.9 Å². The molecule has 240 valence electrons. The summed E-state index contributed by atoms with van der Waals surface area (Å²) >= 11 is 0. The summed E-state index contributed by atoms with van der Waals surface area (Å²) in [5.74, 6) is -3.92. The number of nitrogens with zero attached hydrogens (tertiary/aromatic N) is 3. The molecule has 0 bridgehead atoms. The van der Waals surface area contributed by atoms with Crippen LogP contribution in [-0.4, -0.2) is 51.4 Å². The Morgan fingerprint density at radius 2 is 1.72 bits per heavy atom. The van der Waals surface area contributed by atoms with Crippen molar-refractivity contribution in [2.24, 2.45) is 7.05 Å². The van der Waals surface area contributed by atoms with Gasteiger partial charge >= 0.3 is 6.18 Å². The number of ketones is 1. The first-order valence-corrected chi connectivity index (χ1v) is 14.1. The number of anilines is 1. The molecule has 5 aromatic rings. The van der Waals surface area contributed by atoms with Crippen molar-refractivity contribution in [3.8, 4) is 11.1 Å². The van der Waals surface area contributed by atoms with E-state index in [2.05, 4.69) is 15.6 Å². The summed E-state index contributed by atoms with van der Waals surface area (Å²) in [5, 5.41) is 5.29. The number of alkyl halides is 3. The summed E-state index contributed by atoms with van der Waals surface area (Å²) in [6, 6.07) is 9.75. The molecule has 0 spiro atoms. The summed E-state index contributed by atoms with van der Waals surface area (Å²) in [6.07, 6.45) is 0.800. The fraction of sp³-hybridized carbons (Fsp3) is 0.242. The van der Waals surface area contributed by atoms with Crippen molar-refractivity contribution >= 4 is 33.9 Å². The lowest BCUT2D eigenvalue weighted by molar-refractivity contribution is -0.137. The van der Waals surface area contributed by atoms with Gasteiger partial charge in [-0.15, -0.1) is 0 Å². The van der Waals surface area contributed by atoms with Crippen molar-refractivity contribution in [3.63, 3.8) is 0 Å². The third-order valence-corrected chi connectivity index (χ3v) is 7.41. The number of hydrogen-bond acceptors (Lipinski definition) is 5. The number of halogens is 5. The molecule has 0 saturated carbocycles. The van der Waals surface area contributed by atoms with E-state index in [1.165, 1.54) is 57.9 Å². The minimum absolute atomic E-state index is 0.0354. The molecule has 46 heavy (non-hydrogen) atoms. The molecule has 5 rings (SSSR count). The standard InChI is InChI=1S/C33H30F5N5O3/c1-32(2,17-46-4)40-11-5-8-29(44)41-30-23(34)13-19(14-24(30)35)31(45)27-10-9-26-20(7-6-12-43(26)27)21-15-25-28(42(3)18-39-25)16-22(21)33(36,37)38/h5-10,12-16,18,40H,11,17H2,1-4H3,(H,41,44)/b8-5+. The Balaban J connectivity index is 1.42. The lowest BCUT2D eigenvalue weighted by Gasteiger charge is -2.24. The van der Waals surface area contributed by atoms with E-state index < -0.39 is 40.8 Å². The molecule has 0 aliphatic rings. The number of ether oxygens (including phenoxy) is 1. The van der Waals surface area contributed by atoms with Crippen molar-refractivity contribution in [2.75, 3.05) is 25.6 Å². The monoisotopic (exact) mass is 639 g/mol. The number of carbonyl (C=O) groups excluding carboxylic acids is 2. The van der Waals surface area contributed by atoms with Crippen molar-refractivity contribution in [3.05, 3.63) is 102 Å². The highest BCUT2D eigenvalue weighted by atomic mass is 19.4. The minimum Gasteiger partial charge on any atom is -0.383 e. The largest absolute Gasteiger partial charge is 0.417 e. The van der Waals surface area contributed by atoms with Gasteiger partial charge in [0.1, 0.15) is 17.3 Å². The van der Waals surface area contributed by atoms with Crippen LogP contribution in [0, 0.1) is 11.6 Å². The minimum atomic E-state index is -4.69. The van der Waals surface area contributed by atoms with E-state index in [-0.39, 0.29) is 33.4 Å². The maximum Gasteiger partial charge on any atom is 0.417 e. The molecular formula is C33H30F5N5O3. The van der Waals surface area contributed by atoms with Gasteiger partial charge in [0.25, 0.3) is 0 Å². The molecule has 1 amide bonds. The number of amides is 1. The summed E-state index contributed by atoms with van der Waals surface area (Å²) in [5.41, 5.74) is -1.40. The maximum absolute atomic E-state index is 15.0. The number of aryl methyl sites for hydroxylation is 1. The van der Waals surface area contributed by atoms with Gasteiger partial charge in [-0.2, -0.15) is 13.2 Å². The lowest BCUT2D eigenvalue weighted by Crippen LogP contribution is -2.43. The Morgan fingerprint density at radius 1 is 1.00 bits per heavy atom. The molecular weight excluding hydrogens is 609 g/mol. The molecule has 0 atom stereocenters. The summed E-state index contributed by atoms with van der Waals surface area (Å²) in [6.45, 7) is 4.53. The summed E-state index contributed by atoms with van der Waals surface area (Å²) in [7, 11) is 3.15. The number of rotatable bonds is 10. The van der Waals surface area contributed by atoms with Gasteiger partial charge in [0.2, 0.25) is 11.7 Å². The number of imidazole rings is 1. The first-order valence-electron chi connectivity index (χ1n) is 14.1. The van der Waals surface area contributed by atoms with Crippen molar-refractivity contribution in [1.29, 1.82) is 0 Å². The van der Waals surface area contributed by atoms with Gasteiger partial charge in [-0.1, -0.05) is 12.1 Å². The normalized spacial score (nSPS) is 12.5. The lowest BCUT2D eigenvalue weighted by atomic mass is 9.98. The van der Waals surface area contributed by atoms with Gasteiger partial charge in [0.15, 0.2) is 0 Å². The van der Waals surface area contributed by atoms with E-state index in [9.17, 15) is 22.8 Å². The molecule has 0 fully saturated rings. The van der Waals surface area contributed by atoms with Crippen LogP contribution in [0.25, 0.3) is 27.7 Å². The Bertz CT molecular complexity index is 1970. The second-order valence-corrected chi connectivity index (χ2v) is 11.4. The zero-order chi connectivity index (χ0) is 33.4. The average Bonchev–Trinajstić information content (AvgIpc) is 3.59. The summed E-state index contributed by atoms with van der Waals surface area (Å²) < 4.78 is 80.5. The van der Waals surface area contributed by atoms with Crippen LogP contribution in [-0.2, 0) is 22.8 Å². The molecule has 3 heterocycles. The molecule has 2 aromatic carbocycles. The van der Waals surface area contributed by atoms with Gasteiger partial charge < -0.3 is 24.3 Å². The number of hydrogen-bond donors (Lipinski definition) is 2. The van der Waals surface area contributed by atoms with Gasteiger partial charge in [-0.3, -0.25) is 9.59 Å². The number of fused-ring (bicyclic) bond motifs is 2. The molecule has 0 unspecified atom stereocenters. The predicted octanol–water partition coefficient (Wildman–Crippen LogP) is 6.53. The molecule has 0 aliphatic carbocycles. The Labute approximate surface area is 260 Å². The molecule has 2 N–H and O–H groups in total. The smallest absolute Gasteiger partial charge is 0.383 e. The van der Waals surface area contributed by atoms with Crippen LogP contribution in [0.3, 0.4) is 0 Å². The van der Waals surface area contributed by atoms with Crippen molar-refractivity contribution in [2.45, 2.75) is 25.6 Å². The second kappa shape index (κ2) is 12.5. The van der Waals surface area contributed by atoms with Crippen molar-refractivity contribution in [1.82, 2.24) is 19.3 Å². The van der Waals surface area contributed by atoms with E-state index in [4.69, 9.17) is 4.74 Å². The van der Waals surface area contributed by atoms with Gasteiger partial charge in [0.05, 0.1) is 40.7 Å². The topological polar surface area (TPSA) is 89.7 Å². The number of aromatic nitrogens is 3. The number of carbonyl (C=O) groups is 2. The first kappa shape index (κ1) is 32.5. The van der Waals surface area contributed by atoms with E-state index in [1.54, 1.807) is 14.2 Å². The number of benzene rings is 2. The number of pyridine rings is 1. The Hall–Kier alpha value is -4.88. The zero-order valence-corrected chi connectivity index (χ0v) is 25.3. The number of methoxy groups -OCH3 is 1. The fourth-order valence-corrected chi connectivity index (χ4v) is 5.23. The van der Waals surface area contributed by atoms with E-state index in [0.29, 0.717) is 24.2 Å². The van der Waals surface area contributed by atoms with E-state index in [1.807, 2.05) is 13.8 Å². The van der Waals surface area contributed by atoms with Crippen LogP contribution in [0.15, 0.2) is 73.2 Å². The third-order valence-electron chi connectivity index (χ3n) is 7.41. The van der Waals surface area contributed by atoms with Crippen molar-refractivity contribution < 1.29 is 36.3 Å². The average molecular weight is 640 g/mol. The number of nitrogens with one attached hydrogen (secondary N) is 2. The van der Waals surface area contributed by atoms with Crippen LogP contribution in [0.4, 0.5) is 27.6 Å². The Morgan fingerprint density at radius 3 is 2.39 bits per heavy atom. The van der Waals surface area contributed by atoms with Crippen LogP contribution in [0.5, 0.6) is 0 Å². The predicted molar refractivity (Wildman–Crippen MR) is 164 cm³/mol. The van der Waals surface area contributed by atoms with Gasteiger partial charge in [-0.25, -0.2) is 13.8 Å². The molecule has 0 saturated heterocycles. The van der Waals surface area contributed by atoms with E-state index >= 15 is 8.78 Å². The maximum atomic E-state index is 15.0. The third kappa shape index (κ3) is 6.56. The highest BCUT2D eigenvalue weighted by Gasteiger charge is 2.35. The molecule has 8 nitrogen and oxygen atoms in total. The first-order chi connectivity index (χ1) is 21.7. The SMILES string of the molecule is COCC(C)(C)NC/C=C/C(=O)Nc1c(F)cc(C(=O)c2ccc3c(-c4cc5ncn(C)c5cc4C(F)(F)F)cccn23)cc1F. The van der Waals surface area contributed by atoms with Crippen LogP contribution in [0.1, 0.15) is 35.5 Å². The molecule has 3 aromatic heterocycles. The van der Waals surface area contributed by atoms with Crippen LogP contribution >= 0.6 is 0 Å². The molecule has 0 radical (unpaired) electrons. The zero-order valence-electron chi connectivity index (χ0n) is 25.3. The van der Waals surface area contributed by atoms with Crippen LogP contribution < -0.4 is 10.6 Å². The van der Waals surface area contributed by atoms with Gasteiger partial charge in [0, 0.05) is 49.6 Å². The van der Waals surface area contributed by atoms with E-state index in [0.717, 1.165) is 24.3 Å². The second-order valence-electron chi connectivity index (χ2n) is 11.4. The fourth-order valence-electron chi connectivity index (χ4n) is 5.23. The highest BCUT2D eigenvalue weighted by Crippen LogP contribution is 2.41. The summed E-state index contributed by atoms with van der Waals surface area (Å²) in [4.78, 5) is 29.9. The molecule has 0 aliphatic heterocycles. The quantitative estimate of drug-likeness (QED) is 0.103. The highest BCUT2D eigenvalue weighted by molar-refractivity contribution is 6.09. The van der Waals surface area contributed by atoms with Crippen LogP contribution in [0.2, 0.25) is 0 Å².